The summed E-state index contributed by atoms with van der Waals surface area (Å²) in [6.07, 6.45) is 5.46. The number of aromatic nitrogens is 4. The average molecular weight is 1000 g/mol. The van der Waals surface area contributed by atoms with Crippen LogP contribution in [0.2, 0.25) is 0 Å². The van der Waals surface area contributed by atoms with Gasteiger partial charge in [0, 0.05) is 23.0 Å². The van der Waals surface area contributed by atoms with Crippen LogP contribution in [0.3, 0.4) is 0 Å². The fraction of sp³-hybridized carbons (Fsp3) is 0.0571. The summed E-state index contributed by atoms with van der Waals surface area (Å²) in [5.41, 5.74) is 9.44. The van der Waals surface area contributed by atoms with Crippen LogP contribution in [-0.4, -0.2) is 20.8 Å². The molecule has 6 nitrogen and oxygen atoms in total. The summed E-state index contributed by atoms with van der Waals surface area (Å²) in [5, 5.41) is 2.08. The van der Waals surface area contributed by atoms with E-state index < -0.39 is 60.4 Å². The van der Waals surface area contributed by atoms with E-state index in [9.17, 15) is 5.48 Å². The number of ether oxygens (including phenoxy) is 2. The van der Waals surface area contributed by atoms with Gasteiger partial charge < -0.3 is 9.47 Å². The number of fused-ring (bicyclic) bond motifs is 6. The highest BCUT2D eigenvalue weighted by molar-refractivity contribution is 6.97. The fourth-order valence-corrected chi connectivity index (χ4v) is 11.0. The van der Waals surface area contributed by atoms with Gasteiger partial charge in [-0.2, -0.15) is 0 Å². The van der Waals surface area contributed by atoms with Crippen LogP contribution >= 0.6 is 0 Å². The number of benzene rings is 10. The second-order valence-electron chi connectivity index (χ2n) is 20.2. The third-order valence-corrected chi connectivity index (χ3v) is 14.5. The topological polar surface area (TPSA) is 45.1 Å². The van der Waals surface area contributed by atoms with Crippen molar-refractivity contribution in [1.82, 2.24) is 14.1 Å². The predicted octanol–water partition coefficient (Wildman–Crippen LogP) is 14.9. The minimum atomic E-state index is -0.581. The third-order valence-electron chi connectivity index (χ3n) is 14.5. The summed E-state index contributed by atoms with van der Waals surface area (Å²) in [6.45, 7) is 6.31. The molecule has 13 aromatic rings. The summed E-state index contributed by atoms with van der Waals surface area (Å²) in [7, 11) is 0. The highest BCUT2D eigenvalue weighted by Crippen LogP contribution is 2.39. The summed E-state index contributed by atoms with van der Waals surface area (Å²) < 4.78 is 109. The summed E-state index contributed by atoms with van der Waals surface area (Å²) in [6, 6.07) is 56.0. The first-order valence-electron chi connectivity index (χ1n) is 30.5. The standard InChI is InChI=1S/C70H51BN4O2/c1-70(2,3)50-39-40-72-68(43-50)75-62-32-15-11-26-57(62)58-38-37-52(45-65(58)75)76-53-42-49(54-25-10-12-29-59(54)71-60-30-13-18-35-66(60)77-67-36-19-14-31-61(67)71)41-51(44-53)73-46-74(64-34-17-16-33-63(64)73)69-55(47-21-6-4-7-22-47)27-20-28-56(69)48-23-8-5-9-24-48/h4-45H,1-3H3/i4D,5D,6D,7D,8D,9D,21D,22D,23D,24D. The lowest BCUT2D eigenvalue weighted by Crippen LogP contribution is -2.55. The monoisotopic (exact) mass is 1000 g/mol. The Bertz CT molecular complexity index is 4840. The number of hydrogen-bond acceptors (Lipinski definition) is 3. The molecular formula is C70H51BN4O2. The molecule has 0 radical (unpaired) electrons. The second kappa shape index (κ2) is 18.6. The molecule has 0 atom stereocenters. The molecule has 0 N–H and O–H groups in total. The summed E-state index contributed by atoms with van der Waals surface area (Å²) in [5.74, 6) is 3.30. The molecule has 0 amide bonds. The van der Waals surface area contributed by atoms with E-state index in [4.69, 9.17) is 22.7 Å². The SMILES string of the molecule is [2H]c1c([2H])c([2H])c(-c2cccc(-c3c([2H])c([2H])c([2H])c([2H])c3[2H])c2-[n+]2[c-]n(-c3cc(Oc4ccc5c6ccccc6n(-c6cc(C(C)(C)C)ccn6)c5c4)cc(-c4ccccc4B4c5ccccc5Oc5ccccc54)c3)c3ccccc32)c([2H])c1[2H]. The zero-order valence-corrected chi connectivity index (χ0v) is 42.2. The summed E-state index contributed by atoms with van der Waals surface area (Å²) in [4.78, 5) is 4.93. The van der Waals surface area contributed by atoms with Crippen molar-refractivity contribution in [2.24, 2.45) is 0 Å². The smallest absolute Gasteiger partial charge is 0.269 e. The van der Waals surface area contributed by atoms with Crippen molar-refractivity contribution in [1.29, 1.82) is 0 Å². The van der Waals surface area contributed by atoms with Gasteiger partial charge in [0.15, 0.2) is 0 Å². The van der Waals surface area contributed by atoms with Crippen LogP contribution in [0.15, 0.2) is 255 Å². The number of para-hydroxylation sites is 6. The van der Waals surface area contributed by atoms with E-state index >= 15 is 0 Å². The average Bonchev–Trinajstić information content (AvgIpc) is 1.96. The molecule has 4 heterocycles. The molecule has 7 heteroatoms. The zero-order valence-electron chi connectivity index (χ0n) is 52.2. The zero-order chi connectivity index (χ0) is 60.3. The second-order valence-corrected chi connectivity index (χ2v) is 20.2. The largest absolute Gasteiger partial charge is 0.458 e. The van der Waals surface area contributed by atoms with Gasteiger partial charge in [0.05, 0.1) is 47.1 Å². The Morgan fingerprint density at radius 2 is 1.14 bits per heavy atom. The number of pyridine rings is 1. The van der Waals surface area contributed by atoms with Gasteiger partial charge in [-0.3, -0.25) is 13.7 Å². The van der Waals surface area contributed by atoms with Crippen molar-refractivity contribution in [3.63, 3.8) is 0 Å². The molecule has 3 aromatic heterocycles. The lowest BCUT2D eigenvalue weighted by Gasteiger charge is -2.28. The van der Waals surface area contributed by atoms with Gasteiger partial charge in [-0.05, 0) is 116 Å². The lowest BCUT2D eigenvalue weighted by molar-refractivity contribution is -0.571. The van der Waals surface area contributed by atoms with Crippen molar-refractivity contribution in [2.45, 2.75) is 26.2 Å². The van der Waals surface area contributed by atoms with Crippen LogP contribution in [0.5, 0.6) is 23.0 Å². The minimum absolute atomic E-state index is 0.133. The third kappa shape index (κ3) is 8.07. The summed E-state index contributed by atoms with van der Waals surface area (Å²) >= 11 is 0. The normalized spacial score (nSPS) is 14.0. The van der Waals surface area contributed by atoms with Gasteiger partial charge in [-0.15, -0.1) is 0 Å². The molecule has 0 bridgehead atoms. The number of rotatable bonds is 9. The molecule has 366 valence electrons. The van der Waals surface area contributed by atoms with Gasteiger partial charge in [0.1, 0.15) is 28.8 Å². The molecule has 10 aromatic carbocycles. The van der Waals surface area contributed by atoms with Gasteiger partial charge >= 0.3 is 0 Å². The van der Waals surface area contributed by atoms with E-state index in [0.29, 0.717) is 28.2 Å². The first kappa shape index (κ1) is 36.3. The molecule has 0 aliphatic carbocycles. The van der Waals surface area contributed by atoms with Gasteiger partial charge in [0.2, 0.25) is 0 Å². The first-order chi connectivity index (χ1) is 42.0. The van der Waals surface area contributed by atoms with Crippen molar-refractivity contribution in [3.8, 4) is 73.6 Å². The van der Waals surface area contributed by atoms with Crippen LogP contribution in [0.1, 0.15) is 40.0 Å². The maximum atomic E-state index is 9.26. The molecule has 0 saturated carbocycles. The van der Waals surface area contributed by atoms with Gasteiger partial charge in [0.25, 0.3) is 13.0 Å². The predicted molar refractivity (Wildman–Crippen MR) is 315 cm³/mol. The van der Waals surface area contributed by atoms with Crippen LogP contribution < -0.4 is 30.4 Å². The molecule has 0 saturated heterocycles. The van der Waals surface area contributed by atoms with Crippen LogP contribution in [0.4, 0.5) is 0 Å². The Labute approximate surface area is 462 Å². The van der Waals surface area contributed by atoms with Crippen molar-refractivity contribution in [2.75, 3.05) is 0 Å². The maximum absolute atomic E-state index is 9.26. The lowest BCUT2D eigenvalue weighted by atomic mass is 9.35. The van der Waals surface area contributed by atoms with E-state index in [1.165, 1.54) is 0 Å². The van der Waals surface area contributed by atoms with Crippen LogP contribution in [-0.2, 0) is 5.41 Å². The molecule has 14 rings (SSSR count). The Balaban J connectivity index is 1.03. The van der Waals surface area contributed by atoms with E-state index in [1.54, 1.807) is 22.8 Å². The van der Waals surface area contributed by atoms with Gasteiger partial charge in [-0.25, -0.2) is 4.98 Å². The minimum Gasteiger partial charge on any atom is -0.458 e. The molecule has 1 aliphatic heterocycles. The first-order valence-corrected chi connectivity index (χ1v) is 25.5. The Morgan fingerprint density at radius 1 is 0.532 bits per heavy atom. The highest BCUT2D eigenvalue weighted by atomic mass is 16.5. The number of nitrogens with zero attached hydrogens (tertiary/aromatic N) is 4. The van der Waals surface area contributed by atoms with Gasteiger partial charge in [-0.1, -0.05) is 208 Å². The molecule has 1 aliphatic rings. The van der Waals surface area contributed by atoms with E-state index in [1.807, 2.05) is 120 Å². The Kier molecular flexibility index (Phi) is 8.75. The van der Waals surface area contributed by atoms with Crippen molar-refractivity contribution >= 4 is 55.9 Å². The van der Waals surface area contributed by atoms with Crippen molar-refractivity contribution in [3.05, 3.63) is 267 Å². The van der Waals surface area contributed by atoms with E-state index in [2.05, 4.69) is 92.3 Å². The molecule has 77 heavy (non-hydrogen) atoms. The molecule has 0 fully saturated rings. The fourth-order valence-electron chi connectivity index (χ4n) is 11.0. The Morgan fingerprint density at radius 3 is 1.86 bits per heavy atom. The quantitative estimate of drug-likeness (QED) is 0.0822. The Hall–Kier alpha value is -9.72. The number of hydrogen-bond donors (Lipinski definition) is 0. The van der Waals surface area contributed by atoms with Crippen LogP contribution in [0.25, 0.3) is 83.4 Å². The molecule has 0 spiro atoms. The molecular weight excluding hydrogens is 940 g/mol. The van der Waals surface area contributed by atoms with E-state index in [-0.39, 0.29) is 40.1 Å². The van der Waals surface area contributed by atoms with Crippen LogP contribution in [0, 0.1) is 6.33 Å². The van der Waals surface area contributed by atoms with E-state index in [0.717, 1.165) is 72.2 Å². The maximum Gasteiger partial charge on any atom is 0.269 e. The van der Waals surface area contributed by atoms with Crippen molar-refractivity contribution < 1.29 is 27.7 Å². The highest BCUT2D eigenvalue weighted by Gasteiger charge is 2.34. The molecule has 0 unspecified atom stereocenters. The number of imidazole rings is 1.